The van der Waals surface area contributed by atoms with Gasteiger partial charge in [0.05, 0.1) is 6.10 Å². The fraction of sp³-hybridized carbons (Fsp3) is 0.867. The molecular formula is C15H28N2O3. The van der Waals surface area contributed by atoms with Crippen molar-refractivity contribution in [1.29, 1.82) is 0 Å². The topological polar surface area (TPSA) is 67.4 Å². The highest BCUT2D eigenvalue weighted by molar-refractivity contribution is 6.35. The third-order valence-electron chi connectivity index (χ3n) is 3.82. The number of hydrogen-bond donors (Lipinski definition) is 2. The van der Waals surface area contributed by atoms with Gasteiger partial charge in [-0.05, 0) is 25.2 Å². The van der Waals surface area contributed by atoms with Crippen molar-refractivity contribution in [3.63, 3.8) is 0 Å². The molecule has 5 heteroatoms. The lowest BCUT2D eigenvalue weighted by Crippen LogP contribution is -2.43. The van der Waals surface area contributed by atoms with E-state index in [-0.39, 0.29) is 6.10 Å². The molecule has 0 aromatic heterocycles. The van der Waals surface area contributed by atoms with Crippen molar-refractivity contribution in [2.24, 2.45) is 5.92 Å². The van der Waals surface area contributed by atoms with Crippen molar-refractivity contribution >= 4 is 11.8 Å². The highest BCUT2D eigenvalue weighted by Crippen LogP contribution is 2.11. The molecule has 116 valence electrons. The zero-order chi connectivity index (χ0) is 14.8. The van der Waals surface area contributed by atoms with Gasteiger partial charge in [0.25, 0.3) is 0 Å². The maximum Gasteiger partial charge on any atom is 0.309 e. The molecule has 1 rings (SSSR count). The van der Waals surface area contributed by atoms with E-state index >= 15 is 0 Å². The first-order valence-electron chi connectivity index (χ1n) is 7.85. The van der Waals surface area contributed by atoms with E-state index in [2.05, 4.69) is 24.5 Å². The van der Waals surface area contributed by atoms with Gasteiger partial charge in [-0.25, -0.2) is 0 Å². The predicted molar refractivity (Wildman–Crippen MR) is 78.3 cm³/mol. The van der Waals surface area contributed by atoms with Crippen LogP contribution in [0.2, 0.25) is 0 Å². The summed E-state index contributed by atoms with van der Waals surface area (Å²) in [5.74, 6) is -0.617. The van der Waals surface area contributed by atoms with E-state index in [1.807, 2.05) is 0 Å². The third kappa shape index (κ3) is 6.37. The highest BCUT2D eigenvalue weighted by Gasteiger charge is 2.19. The molecule has 0 unspecified atom stereocenters. The summed E-state index contributed by atoms with van der Waals surface area (Å²) < 4.78 is 5.40. The van der Waals surface area contributed by atoms with Crippen LogP contribution < -0.4 is 10.6 Å². The van der Waals surface area contributed by atoms with Crippen LogP contribution in [0.3, 0.4) is 0 Å². The van der Waals surface area contributed by atoms with Gasteiger partial charge in [-0.3, -0.25) is 9.59 Å². The van der Waals surface area contributed by atoms with Crippen LogP contribution in [0.4, 0.5) is 0 Å². The van der Waals surface area contributed by atoms with Gasteiger partial charge in [0, 0.05) is 19.7 Å². The highest BCUT2D eigenvalue weighted by atomic mass is 16.5. The first-order chi connectivity index (χ1) is 9.67. The number of carbonyl (C=O) groups excluding carboxylic acids is 2. The van der Waals surface area contributed by atoms with Crippen LogP contribution in [0.25, 0.3) is 0 Å². The molecule has 0 spiro atoms. The Morgan fingerprint density at radius 2 is 2.00 bits per heavy atom. The molecule has 1 fully saturated rings. The first-order valence-corrected chi connectivity index (χ1v) is 7.85. The summed E-state index contributed by atoms with van der Waals surface area (Å²) in [4.78, 5) is 23.3. The van der Waals surface area contributed by atoms with E-state index in [9.17, 15) is 9.59 Å². The van der Waals surface area contributed by atoms with Gasteiger partial charge >= 0.3 is 11.8 Å². The molecule has 1 heterocycles. The fourth-order valence-electron chi connectivity index (χ4n) is 2.35. The molecule has 0 aromatic rings. The molecule has 0 aliphatic carbocycles. The summed E-state index contributed by atoms with van der Waals surface area (Å²) in [5, 5.41) is 5.36. The molecule has 5 nitrogen and oxygen atoms in total. The molecule has 1 saturated heterocycles. The minimum atomic E-state index is -0.550. The predicted octanol–water partition coefficient (Wildman–Crippen LogP) is 1.61. The first kappa shape index (κ1) is 17.0. The van der Waals surface area contributed by atoms with Crippen molar-refractivity contribution in [2.45, 2.75) is 58.5 Å². The second-order valence-corrected chi connectivity index (χ2v) is 5.47. The van der Waals surface area contributed by atoms with Crippen molar-refractivity contribution in [1.82, 2.24) is 10.6 Å². The lowest BCUT2D eigenvalue weighted by molar-refractivity contribution is -0.139. The molecule has 20 heavy (non-hydrogen) atoms. The van der Waals surface area contributed by atoms with Crippen molar-refractivity contribution in [3.8, 4) is 0 Å². The summed E-state index contributed by atoms with van der Waals surface area (Å²) in [7, 11) is 0. The molecule has 1 aliphatic rings. The lowest BCUT2D eigenvalue weighted by Gasteiger charge is -2.15. The van der Waals surface area contributed by atoms with Gasteiger partial charge in [-0.2, -0.15) is 0 Å². The monoisotopic (exact) mass is 284 g/mol. The minimum absolute atomic E-state index is 0.0692. The Morgan fingerprint density at radius 1 is 1.25 bits per heavy atom. The Hall–Kier alpha value is -1.10. The van der Waals surface area contributed by atoms with Gasteiger partial charge < -0.3 is 15.4 Å². The molecule has 2 atom stereocenters. The zero-order valence-electron chi connectivity index (χ0n) is 12.7. The summed E-state index contributed by atoms with van der Waals surface area (Å²) in [6, 6.07) is 0. The number of carbonyl (C=O) groups is 2. The Morgan fingerprint density at radius 3 is 2.60 bits per heavy atom. The van der Waals surface area contributed by atoms with Crippen LogP contribution in [-0.4, -0.2) is 37.6 Å². The Bertz CT molecular complexity index is 301. The third-order valence-corrected chi connectivity index (χ3v) is 3.82. The van der Waals surface area contributed by atoms with E-state index in [1.54, 1.807) is 0 Å². The second-order valence-electron chi connectivity index (χ2n) is 5.47. The Labute approximate surface area is 121 Å². The lowest BCUT2D eigenvalue weighted by atomic mass is 9.99. The number of nitrogens with one attached hydrogen (secondary N) is 2. The van der Waals surface area contributed by atoms with E-state index in [0.29, 0.717) is 19.0 Å². The molecule has 0 radical (unpaired) electrons. The summed E-state index contributed by atoms with van der Waals surface area (Å²) in [6.07, 6.45) is 6.51. The Balaban J connectivity index is 2.17. The van der Waals surface area contributed by atoms with E-state index < -0.39 is 11.8 Å². The number of unbranched alkanes of at least 4 members (excludes halogenated alkanes) is 1. The van der Waals surface area contributed by atoms with Gasteiger partial charge in [0.1, 0.15) is 0 Å². The van der Waals surface area contributed by atoms with Crippen LogP contribution >= 0.6 is 0 Å². The van der Waals surface area contributed by atoms with Crippen LogP contribution in [0.1, 0.15) is 52.4 Å². The number of amides is 2. The van der Waals surface area contributed by atoms with Crippen LogP contribution in [0.5, 0.6) is 0 Å². The average Bonchev–Trinajstić information content (AvgIpc) is 2.98. The molecule has 2 N–H and O–H groups in total. The standard InChI is InChI=1S/C15H28N2O3/c1-3-5-7-12(4-2)10-16-14(18)15(19)17-11-13-8-6-9-20-13/h12-13H,3-11H2,1-2H3,(H,16,18)(H,17,19)/t12-,13-/m1/s1. The zero-order valence-corrected chi connectivity index (χ0v) is 12.7. The van der Waals surface area contributed by atoms with E-state index in [4.69, 9.17) is 4.74 Å². The maximum atomic E-state index is 11.7. The normalized spacial score (nSPS) is 19.6. The van der Waals surface area contributed by atoms with Crippen LogP contribution in [0, 0.1) is 5.92 Å². The van der Waals surface area contributed by atoms with Crippen molar-refractivity contribution in [2.75, 3.05) is 19.7 Å². The minimum Gasteiger partial charge on any atom is -0.376 e. The summed E-state index contributed by atoms with van der Waals surface area (Å²) in [5.41, 5.74) is 0. The van der Waals surface area contributed by atoms with Gasteiger partial charge in [0.15, 0.2) is 0 Å². The van der Waals surface area contributed by atoms with E-state index in [0.717, 1.165) is 38.7 Å². The molecule has 1 aliphatic heterocycles. The molecule has 0 saturated carbocycles. The van der Waals surface area contributed by atoms with Gasteiger partial charge in [0.2, 0.25) is 0 Å². The molecular weight excluding hydrogens is 256 g/mol. The smallest absolute Gasteiger partial charge is 0.309 e. The van der Waals surface area contributed by atoms with E-state index in [1.165, 1.54) is 6.42 Å². The summed E-state index contributed by atoms with van der Waals surface area (Å²) in [6.45, 7) is 6.04. The fourth-order valence-corrected chi connectivity index (χ4v) is 2.35. The maximum absolute atomic E-state index is 11.7. The summed E-state index contributed by atoms with van der Waals surface area (Å²) >= 11 is 0. The van der Waals surface area contributed by atoms with Crippen molar-refractivity contribution < 1.29 is 14.3 Å². The molecule has 0 bridgehead atoms. The second kappa shape index (κ2) is 9.75. The van der Waals surface area contributed by atoms with Crippen LogP contribution in [0.15, 0.2) is 0 Å². The molecule has 2 amide bonds. The van der Waals surface area contributed by atoms with Crippen molar-refractivity contribution in [3.05, 3.63) is 0 Å². The number of rotatable bonds is 8. The van der Waals surface area contributed by atoms with Gasteiger partial charge in [-0.15, -0.1) is 0 Å². The SMILES string of the molecule is CCCC[C@@H](CC)CNC(=O)C(=O)NC[C@H]1CCCO1. The Kier molecular flexibility index (Phi) is 8.26. The van der Waals surface area contributed by atoms with Gasteiger partial charge in [-0.1, -0.05) is 33.1 Å². The number of ether oxygens (including phenoxy) is 1. The average molecular weight is 284 g/mol. The number of hydrogen-bond acceptors (Lipinski definition) is 3. The molecule has 0 aromatic carbocycles. The largest absolute Gasteiger partial charge is 0.376 e. The van der Waals surface area contributed by atoms with Crippen LogP contribution in [-0.2, 0) is 14.3 Å². The quantitative estimate of drug-likeness (QED) is 0.666.